The molecule has 0 radical (unpaired) electrons. The molecule has 3 N–H and O–H groups in total. The van der Waals surface area contributed by atoms with E-state index in [1.165, 1.54) is 0 Å². The molecule has 1 rings (SSSR count). The highest BCUT2D eigenvalue weighted by Crippen LogP contribution is 2.34. The van der Waals surface area contributed by atoms with Gasteiger partial charge in [0.25, 0.3) is 5.91 Å². The Morgan fingerprint density at radius 3 is 2.44 bits per heavy atom. The topological polar surface area (TPSA) is 55.1 Å². The molecule has 0 bridgehead atoms. The van der Waals surface area contributed by atoms with Crippen LogP contribution >= 0.6 is 0 Å². The summed E-state index contributed by atoms with van der Waals surface area (Å²) in [7, 11) is 0. The van der Waals surface area contributed by atoms with Crippen molar-refractivity contribution < 1.29 is 4.79 Å². The van der Waals surface area contributed by atoms with Crippen molar-refractivity contribution in [3.63, 3.8) is 0 Å². The SMILES string of the molecule is C=CNc1c(CC)c(C(/C=C(/C)C(=C)C)=C/CCCC)cc(C)c1C(N)=O. The molecule has 0 atom stereocenters. The van der Waals surface area contributed by atoms with Crippen LogP contribution in [0, 0.1) is 6.92 Å². The van der Waals surface area contributed by atoms with E-state index in [4.69, 9.17) is 5.73 Å². The Kier molecular flexibility index (Phi) is 8.80. The minimum Gasteiger partial charge on any atom is -0.366 e. The van der Waals surface area contributed by atoms with Crippen LogP contribution in [0.3, 0.4) is 0 Å². The first-order valence-electron chi connectivity index (χ1n) is 9.66. The van der Waals surface area contributed by atoms with Crippen molar-refractivity contribution >= 4 is 17.2 Å². The number of rotatable bonds is 10. The molecule has 0 aliphatic heterocycles. The molecule has 1 aromatic rings. The van der Waals surface area contributed by atoms with Crippen LogP contribution in [-0.2, 0) is 6.42 Å². The molecule has 27 heavy (non-hydrogen) atoms. The maximum Gasteiger partial charge on any atom is 0.251 e. The minimum absolute atomic E-state index is 0.428. The van der Waals surface area contributed by atoms with Crippen LogP contribution in [0.4, 0.5) is 5.69 Å². The quantitative estimate of drug-likeness (QED) is 0.377. The van der Waals surface area contributed by atoms with Gasteiger partial charge in [-0.2, -0.15) is 0 Å². The van der Waals surface area contributed by atoms with E-state index in [9.17, 15) is 4.79 Å². The van der Waals surface area contributed by atoms with E-state index in [0.717, 1.165) is 64.8 Å². The van der Waals surface area contributed by atoms with Crippen LogP contribution in [-0.4, -0.2) is 5.91 Å². The Hall–Kier alpha value is -2.55. The number of unbranched alkanes of at least 4 members (excludes halogenated alkanes) is 2. The highest BCUT2D eigenvalue weighted by Gasteiger charge is 2.19. The number of aryl methyl sites for hydroxylation is 1. The summed E-state index contributed by atoms with van der Waals surface area (Å²) >= 11 is 0. The zero-order valence-electron chi connectivity index (χ0n) is 17.5. The monoisotopic (exact) mass is 366 g/mol. The molecular formula is C24H34N2O. The smallest absolute Gasteiger partial charge is 0.251 e. The third-order valence-electron chi connectivity index (χ3n) is 4.76. The van der Waals surface area contributed by atoms with E-state index in [1.807, 2.05) is 13.8 Å². The van der Waals surface area contributed by atoms with Crippen LogP contribution in [0.2, 0.25) is 0 Å². The summed E-state index contributed by atoms with van der Waals surface area (Å²) in [4.78, 5) is 12.1. The number of hydrogen-bond acceptors (Lipinski definition) is 2. The number of primary amides is 1. The van der Waals surface area contributed by atoms with Gasteiger partial charge in [-0.15, -0.1) is 0 Å². The lowest BCUT2D eigenvalue weighted by molar-refractivity contribution is 0.100. The molecule has 0 aliphatic carbocycles. The molecule has 0 saturated heterocycles. The van der Waals surface area contributed by atoms with Crippen LogP contribution in [0.15, 0.2) is 48.7 Å². The van der Waals surface area contributed by atoms with Gasteiger partial charge in [-0.1, -0.05) is 63.6 Å². The number of anilines is 1. The van der Waals surface area contributed by atoms with Gasteiger partial charge in [0.2, 0.25) is 0 Å². The standard InChI is InChI=1S/C24H34N2O/c1-8-11-12-13-19(14-17(6)16(4)5)21-15-18(7)22(24(25)27)23(26-10-3)20(21)9-2/h10,13-15,26H,3-4,8-9,11-12H2,1-2,5-7H3,(H2,25,27)/b17-14-,19-13+. The first-order chi connectivity index (χ1) is 12.8. The number of carbonyl (C=O) groups excluding carboxylic acids is 1. The highest BCUT2D eigenvalue weighted by atomic mass is 16.1. The summed E-state index contributed by atoms with van der Waals surface area (Å²) in [5, 5.41) is 3.15. The highest BCUT2D eigenvalue weighted by molar-refractivity contribution is 6.02. The Labute approximate surface area is 164 Å². The van der Waals surface area contributed by atoms with Crippen molar-refractivity contribution in [1.82, 2.24) is 0 Å². The van der Waals surface area contributed by atoms with Gasteiger partial charge in [-0.05, 0) is 67.6 Å². The molecule has 1 amide bonds. The second kappa shape index (κ2) is 10.6. The third kappa shape index (κ3) is 5.72. The summed E-state index contributed by atoms with van der Waals surface area (Å²) in [5.74, 6) is -0.428. The maximum atomic E-state index is 12.1. The van der Waals surface area contributed by atoms with Crippen molar-refractivity contribution in [3.8, 4) is 0 Å². The first kappa shape index (κ1) is 22.5. The molecular weight excluding hydrogens is 332 g/mol. The molecule has 3 nitrogen and oxygen atoms in total. The van der Waals surface area contributed by atoms with Gasteiger partial charge in [0.1, 0.15) is 0 Å². The average Bonchev–Trinajstić information content (AvgIpc) is 2.60. The molecule has 0 unspecified atom stereocenters. The molecule has 0 spiro atoms. The average molecular weight is 367 g/mol. The van der Waals surface area contributed by atoms with Gasteiger partial charge in [0, 0.05) is 0 Å². The number of hydrogen-bond donors (Lipinski definition) is 2. The van der Waals surface area contributed by atoms with Gasteiger partial charge in [0.15, 0.2) is 0 Å². The van der Waals surface area contributed by atoms with Crippen LogP contribution in [0.1, 0.15) is 74.0 Å². The Bertz CT molecular complexity index is 782. The zero-order valence-corrected chi connectivity index (χ0v) is 17.5. The summed E-state index contributed by atoms with van der Waals surface area (Å²) in [6.45, 7) is 18.1. The second-order valence-corrected chi connectivity index (χ2v) is 6.95. The number of allylic oxidation sites excluding steroid dienone is 5. The summed E-state index contributed by atoms with van der Waals surface area (Å²) in [6, 6.07) is 2.08. The zero-order chi connectivity index (χ0) is 20.6. The van der Waals surface area contributed by atoms with Crippen molar-refractivity contribution in [3.05, 3.63) is 71.0 Å². The molecule has 3 heteroatoms. The molecule has 0 aromatic heterocycles. The van der Waals surface area contributed by atoms with Crippen molar-refractivity contribution in [1.29, 1.82) is 0 Å². The lowest BCUT2D eigenvalue weighted by Crippen LogP contribution is -2.17. The number of benzene rings is 1. The Balaban J connectivity index is 3.77. The van der Waals surface area contributed by atoms with E-state index < -0.39 is 5.91 Å². The van der Waals surface area contributed by atoms with Gasteiger partial charge >= 0.3 is 0 Å². The number of nitrogens with one attached hydrogen (secondary N) is 1. The van der Waals surface area contributed by atoms with Gasteiger partial charge in [-0.3, -0.25) is 4.79 Å². The van der Waals surface area contributed by atoms with Gasteiger partial charge in [0.05, 0.1) is 11.3 Å². The van der Waals surface area contributed by atoms with Crippen LogP contribution in [0.5, 0.6) is 0 Å². The normalized spacial score (nSPS) is 12.0. The van der Waals surface area contributed by atoms with E-state index in [1.54, 1.807) is 6.20 Å². The van der Waals surface area contributed by atoms with Crippen LogP contribution < -0.4 is 11.1 Å². The molecule has 0 fully saturated rings. The number of nitrogens with two attached hydrogens (primary N) is 1. The fourth-order valence-electron chi connectivity index (χ4n) is 3.13. The predicted molar refractivity (Wildman–Crippen MR) is 119 cm³/mol. The lowest BCUT2D eigenvalue weighted by Gasteiger charge is -2.20. The summed E-state index contributed by atoms with van der Waals surface area (Å²) in [5.41, 5.74) is 13.4. The Morgan fingerprint density at radius 1 is 1.30 bits per heavy atom. The number of amides is 1. The minimum atomic E-state index is -0.428. The van der Waals surface area contributed by atoms with Gasteiger partial charge in [-0.25, -0.2) is 0 Å². The maximum absolute atomic E-state index is 12.1. The van der Waals surface area contributed by atoms with E-state index in [2.05, 4.69) is 57.5 Å². The number of carbonyl (C=O) groups is 1. The summed E-state index contributed by atoms with van der Waals surface area (Å²) < 4.78 is 0. The van der Waals surface area contributed by atoms with E-state index in [0.29, 0.717) is 5.56 Å². The molecule has 0 heterocycles. The predicted octanol–water partition coefficient (Wildman–Crippen LogP) is 6.31. The summed E-state index contributed by atoms with van der Waals surface area (Å²) in [6.07, 6.45) is 10.1. The molecule has 0 aliphatic rings. The fourth-order valence-corrected chi connectivity index (χ4v) is 3.13. The fraction of sp³-hybridized carbons (Fsp3) is 0.375. The largest absolute Gasteiger partial charge is 0.366 e. The molecule has 146 valence electrons. The Morgan fingerprint density at radius 2 is 1.96 bits per heavy atom. The van der Waals surface area contributed by atoms with Crippen molar-refractivity contribution in [2.75, 3.05) is 5.32 Å². The molecule has 1 aromatic carbocycles. The molecule has 0 saturated carbocycles. The van der Waals surface area contributed by atoms with E-state index >= 15 is 0 Å². The van der Waals surface area contributed by atoms with E-state index in [-0.39, 0.29) is 0 Å². The van der Waals surface area contributed by atoms with Crippen molar-refractivity contribution in [2.45, 2.75) is 60.3 Å². The lowest BCUT2D eigenvalue weighted by atomic mass is 9.88. The van der Waals surface area contributed by atoms with Crippen LogP contribution in [0.25, 0.3) is 5.57 Å². The third-order valence-corrected chi connectivity index (χ3v) is 4.76. The van der Waals surface area contributed by atoms with Crippen molar-refractivity contribution in [2.24, 2.45) is 5.73 Å². The second-order valence-electron chi connectivity index (χ2n) is 6.95. The van der Waals surface area contributed by atoms with Gasteiger partial charge < -0.3 is 11.1 Å². The first-order valence-corrected chi connectivity index (χ1v) is 9.66.